The monoisotopic (exact) mass is 178 g/mol. The number of nitrogens with one attached hydrogen (secondary N) is 1. The molecule has 1 aromatic rings. The maximum absolute atomic E-state index is 5.79. The molecule has 0 aliphatic carbocycles. The third-order valence-electron chi connectivity index (χ3n) is 2.05. The lowest BCUT2D eigenvalue weighted by atomic mass is 10.0. The molecule has 0 saturated heterocycles. The molecule has 0 spiro atoms. The van der Waals surface area contributed by atoms with Gasteiger partial charge in [0.1, 0.15) is 0 Å². The van der Waals surface area contributed by atoms with Crippen LogP contribution >= 0.6 is 0 Å². The molecule has 1 aliphatic heterocycles. The second kappa shape index (κ2) is 4.87. The van der Waals surface area contributed by atoms with Gasteiger partial charge in [0.2, 0.25) is 0 Å². The first-order chi connectivity index (χ1) is 6.36. The minimum atomic E-state index is 0.282. The Kier molecular flexibility index (Phi) is 3.77. The molecule has 1 aromatic carbocycles. The number of para-hydroxylation sites is 1. The Bertz CT molecular complexity index is 258. The average molecular weight is 178 g/mol. The van der Waals surface area contributed by atoms with Gasteiger partial charge in [0.15, 0.2) is 0 Å². The van der Waals surface area contributed by atoms with Gasteiger partial charge in [-0.25, -0.2) is 0 Å². The van der Waals surface area contributed by atoms with Crippen LogP contribution in [-0.4, -0.2) is 12.6 Å². The molecule has 2 nitrogen and oxygen atoms in total. The zero-order chi connectivity index (χ0) is 9.68. The van der Waals surface area contributed by atoms with E-state index in [1.807, 2.05) is 19.9 Å². The summed E-state index contributed by atoms with van der Waals surface area (Å²) in [5.41, 5.74) is 8.37. The third-order valence-corrected chi connectivity index (χ3v) is 2.05. The maximum atomic E-state index is 5.79. The van der Waals surface area contributed by atoms with Gasteiger partial charge in [-0.3, -0.25) is 0 Å². The SMILES string of the molecule is CC.NC1CNc2ccccc2C1. The summed E-state index contributed by atoms with van der Waals surface area (Å²) in [7, 11) is 0. The van der Waals surface area contributed by atoms with Crippen LogP contribution in [0.15, 0.2) is 24.3 Å². The Balaban J connectivity index is 0.000000396. The van der Waals surface area contributed by atoms with Crippen LogP contribution in [-0.2, 0) is 6.42 Å². The standard InChI is InChI=1S/C9H12N2.C2H6/c10-8-5-7-3-1-2-4-9(7)11-6-8;1-2/h1-4,8,11H,5-6,10H2;1-2H3. The van der Waals surface area contributed by atoms with Crippen LogP contribution in [0.3, 0.4) is 0 Å². The van der Waals surface area contributed by atoms with Gasteiger partial charge < -0.3 is 11.1 Å². The fourth-order valence-corrected chi connectivity index (χ4v) is 1.47. The topological polar surface area (TPSA) is 38.0 Å². The molecule has 3 N–H and O–H groups in total. The van der Waals surface area contributed by atoms with Crippen molar-refractivity contribution in [1.29, 1.82) is 0 Å². The number of nitrogens with two attached hydrogens (primary N) is 1. The van der Waals surface area contributed by atoms with E-state index in [4.69, 9.17) is 5.73 Å². The number of hydrogen-bond donors (Lipinski definition) is 2. The molecule has 0 saturated carbocycles. The second-order valence-corrected chi connectivity index (χ2v) is 3.00. The summed E-state index contributed by atoms with van der Waals surface area (Å²) >= 11 is 0. The van der Waals surface area contributed by atoms with Crippen LogP contribution in [0, 0.1) is 0 Å². The molecular weight excluding hydrogens is 160 g/mol. The van der Waals surface area contributed by atoms with Crippen molar-refractivity contribution in [3.05, 3.63) is 29.8 Å². The molecular formula is C11H18N2. The van der Waals surface area contributed by atoms with Crippen molar-refractivity contribution in [2.75, 3.05) is 11.9 Å². The van der Waals surface area contributed by atoms with Gasteiger partial charge in [0.25, 0.3) is 0 Å². The summed E-state index contributed by atoms with van der Waals surface area (Å²) in [6.07, 6.45) is 1.00. The average Bonchev–Trinajstić information content (AvgIpc) is 2.21. The second-order valence-electron chi connectivity index (χ2n) is 3.00. The van der Waals surface area contributed by atoms with Gasteiger partial charge in [-0.2, -0.15) is 0 Å². The number of hydrogen-bond acceptors (Lipinski definition) is 2. The first kappa shape index (κ1) is 10.1. The molecule has 72 valence electrons. The first-order valence-corrected chi connectivity index (χ1v) is 4.93. The molecule has 0 radical (unpaired) electrons. The highest BCUT2D eigenvalue weighted by molar-refractivity contribution is 5.53. The molecule has 1 heterocycles. The zero-order valence-electron chi connectivity index (χ0n) is 8.38. The fraction of sp³-hybridized carbons (Fsp3) is 0.455. The van der Waals surface area contributed by atoms with Crippen LogP contribution in [0.1, 0.15) is 19.4 Å². The van der Waals surface area contributed by atoms with Crippen LogP contribution in [0.5, 0.6) is 0 Å². The Labute approximate surface area is 80.1 Å². The van der Waals surface area contributed by atoms with E-state index >= 15 is 0 Å². The summed E-state index contributed by atoms with van der Waals surface area (Å²) in [6, 6.07) is 8.61. The normalized spacial score (nSPS) is 19.2. The van der Waals surface area contributed by atoms with Crippen molar-refractivity contribution >= 4 is 5.69 Å². The largest absolute Gasteiger partial charge is 0.383 e. The molecule has 2 heteroatoms. The summed E-state index contributed by atoms with van der Waals surface area (Å²) < 4.78 is 0. The molecule has 1 atom stereocenters. The van der Waals surface area contributed by atoms with Crippen molar-refractivity contribution in [1.82, 2.24) is 0 Å². The van der Waals surface area contributed by atoms with Crippen molar-refractivity contribution in [3.8, 4) is 0 Å². The molecule has 0 amide bonds. The van der Waals surface area contributed by atoms with Crippen LogP contribution in [0.25, 0.3) is 0 Å². The molecule has 1 aliphatic rings. The molecule has 0 aromatic heterocycles. The smallest absolute Gasteiger partial charge is 0.0373 e. The predicted molar refractivity (Wildman–Crippen MR) is 58.0 cm³/mol. The Hall–Kier alpha value is -1.02. The highest BCUT2D eigenvalue weighted by Gasteiger charge is 2.12. The van der Waals surface area contributed by atoms with Gasteiger partial charge in [0, 0.05) is 18.3 Å². The number of rotatable bonds is 0. The summed E-state index contributed by atoms with van der Waals surface area (Å²) in [5.74, 6) is 0. The fourth-order valence-electron chi connectivity index (χ4n) is 1.47. The number of fused-ring (bicyclic) bond motifs is 1. The minimum Gasteiger partial charge on any atom is -0.383 e. The van der Waals surface area contributed by atoms with Crippen molar-refractivity contribution in [2.45, 2.75) is 26.3 Å². The quantitative estimate of drug-likeness (QED) is 0.637. The predicted octanol–water partition coefficient (Wildman–Crippen LogP) is 2.01. The first-order valence-electron chi connectivity index (χ1n) is 4.93. The Morgan fingerprint density at radius 1 is 1.31 bits per heavy atom. The lowest BCUT2D eigenvalue weighted by Crippen LogP contribution is -2.35. The van der Waals surface area contributed by atoms with Crippen LogP contribution in [0.4, 0.5) is 5.69 Å². The molecule has 1 unspecified atom stereocenters. The Morgan fingerprint density at radius 2 is 2.00 bits per heavy atom. The highest BCUT2D eigenvalue weighted by atomic mass is 14.9. The van der Waals surface area contributed by atoms with E-state index in [1.54, 1.807) is 0 Å². The summed E-state index contributed by atoms with van der Waals surface area (Å²) in [6.45, 7) is 4.90. The minimum absolute atomic E-state index is 0.282. The van der Waals surface area contributed by atoms with E-state index in [9.17, 15) is 0 Å². The van der Waals surface area contributed by atoms with Crippen molar-refractivity contribution in [3.63, 3.8) is 0 Å². The van der Waals surface area contributed by atoms with E-state index in [0.29, 0.717) is 0 Å². The zero-order valence-corrected chi connectivity index (χ0v) is 8.38. The summed E-state index contributed by atoms with van der Waals surface area (Å²) in [4.78, 5) is 0. The van der Waals surface area contributed by atoms with Gasteiger partial charge in [0.05, 0.1) is 0 Å². The van der Waals surface area contributed by atoms with Gasteiger partial charge in [-0.15, -0.1) is 0 Å². The third kappa shape index (κ3) is 2.46. The van der Waals surface area contributed by atoms with E-state index in [2.05, 4.69) is 23.5 Å². The van der Waals surface area contributed by atoms with Crippen molar-refractivity contribution < 1.29 is 0 Å². The van der Waals surface area contributed by atoms with Gasteiger partial charge in [-0.05, 0) is 18.1 Å². The van der Waals surface area contributed by atoms with E-state index in [-0.39, 0.29) is 6.04 Å². The highest BCUT2D eigenvalue weighted by Crippen LogP contribution is 2.19. The number of anilines is 1. The van der Waals surface area contributed by atoms with E-state index < -0.39 is 0 Å². The summed E-state index contributed by atoms with van der Waals surface area (Å²) in [5, 5.41) is 3.29. The Morgan fingerprint density at radius 3 is 2.77 bits per heavy atom. The molecule has 13 heavy (non-hydrogen) atoms. The number of benzene rings is 1. The van der Waals surface area contributed by atoms with Crippen LogP contribution in [0.2, 0.25) is 0 Å². The van der Waals surface area contributed by atoms with Crippen LogP contribution < -0.4 is 11.1 Å². The lowest BCUT2D eigenvalue weighted by molar-refractivity contribution is 0.679. The maximum Gasteiger partial charge on any atom is 0.0373 e. The van der Waals surface area contributed by atoms with E-state index in [0.717, 1.165) is 13.0 Å². The van der Waals surface area contributed by atoms with E-state index in [1.165, 1.54) is 11.3 Å². The lowest BCUT2D eigenvalue weighted by Gasteiger charge is -2.22. The molecule has 0 fully saturated rings. The van der Waals surface area contributed by atoms with Gasteiger partial charge >= 0.3 is 0 Å². The van der Waals surface area contributed by atoms with Gasteiger partial charge in [-0.1, -0.05) is 32.0 Å². The molecule has 0 bridgehead atoms. The van der Waals surface area contributed by atoms with Crippen molar-refractivity contribution in [2.24, 2.45) is 5.73 Å². The molecule has 2 rings (SSSR count).